The fourth-order valence-electron chi connectivity index (χ4n) is 3.58. The molecule has 2 atom stereocenters. The molecule has 0 bridgehead atoms. The standard InChI is InChI=1S/C19H25N3O2.ClH/c1-22-17(23)8-7-16(18(22)15-5-3-2-4-6-15)19(24)21-13-14-9-11-20-12-10-14;/h2-6,9,16,18,20H,7-8,10-13H2,1H3,(H,21,24);1H. The van der Waals surface area contributed by atoms with Gasteiger partial charge in [0.1, 0.15) is 0 Å². The van der Waals surface area contributed by atoms with E-state index in [1.54, 1.807) is 11.9 Å². The van der Waals surface area contributed by atoms with Crippen LogP contribution in [0.15, 0.2) is 42.0 Å². The van der Waals surface area contributed by atoms with Crippen LogP contribution in [0.3, 0.4) is 0 Å². The zero-order chi connectivity index (χ0) is 16.9. The summed E-state index contributed by atoms with van der Waals surface area (Å²) >= 11 is 0. The van der Waals surface area contributed by atoms with Gasteiger partial charge in [0.05, 0.1) is 12.0 Å². The fourth-order valence-corrected chi connectivity index (χ4v) is 3.58. The molecule has 0 spiro atoms. The third kappa shape index (κ3) is 4.61. The van der Waals surface area contributed by atoms with E-state index < -0.39 is 0 Å². The Bertz CT molecular complexity index is 633. The highest BCUT2D eigenvalue weighted by Gasteiger charge is 2.38. The van der Waals surface area contributed by atoms with Gasteiger partial charge in [-0.2, -0.15) is 0 Å². The van der Waals surface area contributed by atoms with Crippen molar-refractivity contribution in [2.24, 2.45) is 5.92 Å². The Morgan fingerprint density at radius 3 is 2.72 bits per heavy atom. The van der Waals surface area contributed by atoms with Gasteiger partial charge in [-0.25, -0.2) is 0 Å². The first kappa shape index (κ1) is 19.5. The molecule has 25 heavy (non-hydrogen) atoms. The SMILES string of the molecule is CN1C(=O)CCC(C(=O)NCC2=CCNCC2)C1c1ccccc1.Cl. The van der Waals surface area contributed by atoms with Gasteiger partial charge in [-0.05, 0) is 24.9 Å². The predicted octanol–water partition coefficient (Wildman–Crippen LogP) is 2.05. The molecule has 0 radical (unpaired) electrons. The van der Waals surface area contributed by atoms with Crippen LogP contribution in [-0.4, -0.2) is 43.4 Å². The molecule has 1 fully saturated rings. The Morgan fingerprint density at radius 1 is 1.28 bits per heavy atom. The number of amides is 2. The second kappa shape index (κ2) is 9.02. The topological polar surface area (TPSA) is 61.4 Å². The number of nitrogens with zero attached hydrogens (tertiary/aromatic N) is 1. The van der Waals surface area contributed by atoms with Crippen LogP contribution in [0.5, 0.6) is 0 Å². The summed E-state index contributed by atoms with van der Waals surface area (Å²) in [5.74, 6) is -0.0472. The zero-order valence-corrected chi connectivity index (χ0v) is 15.3. The molecule has 2 unspecified atom stereocenters. The van der Waals surface area contributed by atoms with Crippen LogP contribution in [0, 0.1) is 5.92 Å². The van der Waals surface area contributed by atoms with E-state index in [4.69, 9.17) is 0 Å². The van der Waals surface area contributed by atoms with Gasteiger partial charge in [0.2, 0.25) is 11.8 Å². The largest absolute Gasteiger partial charge is 0.352 e. The Hall–Kier alpha value is -1.85. The lowest BCUT2D eigenvalue weighted by atomic mass is 9.84. The maximum atomic E-state index is 12.8. The van der Waals surface area contributed by atoms with Crippen LogP contribution in [0.2, 0.25) is 0 Å². The highest BCUT2D eigenvalue weighted by molar-refractivity contribution is 5.85. The van der Waals surface area contributed by atoms with E-state index in [9.17, 15) is 9.59 Å². The molecule has 2 N–H and O–H groups in total. The van der Waals surface area contributed by atoms with Gasteiger partial charge in [-0.1, -0.05) is 42.0 Å². The van der Waals surface area contributed by atoms with Gasteiger partial charge in [-0.15, -0.1) is 12.4 Å². The summed E-state index contributed by atoms with van der Waals surface area (Å²) in [6.07, 6.45) is 4.17. The lowest BCUT2D eigenvalue weighted by Gasteiger charge is -2.38. The van der Waals surface area contributed by atoms with Crippen LogP contribution >= 0.6 is 12.4 Å². The average Bonchev–Trinajstić information content (AvgIpc) is 2.63. The predicted molar refractivity (Wildman–Crippen MR) is 101 cm³/mol. The van der Waals surface area contributed by atoms with Gasteiger partial charge in [0.15, 0.2) is 0 Å². The Labute approximate surface area is 155 Å². The summed E-state index contributed by atoms with van der Waals surface area (Å²) in [4.78, 5) is 26.6. The highest BCUT2D eigenvalue weighted by Crippen LogP contribution is 2.35. The van der Waals surface area contributed by atoms with E-state index in [0.29, 0.717) is 19.4 Å². The first-order chi connectivity index (χ1) is 11.7. The molecule has 3 rings (SSSR count). The van der Waals surface area contributed by atoms with Crippen molar-refractivity contribution in [2.45, 2.75) is 25.3 Å². The molecule has 2 heterocycles. The van der Waals surface area contributed by atoms with Crippen molar-refractivity contribution < 1.29 is 9.59 Å². The molecule has 6 heteroatoms. The molecule has 0 aliphatic carbocycles. The number of halogens is 1. The number of nitrogens with one attached hydrogen (secondary N) is 2. The molecule has 1 aromatic rings. The van der Waals surface area contributed by atoms with Gasteiger partial charge in [0, 0.05) is 26.6 Å². The third-order valence-corrected chi connectivity index (χ3v) is 4.99. The maximum absolute atomic E-state index is 12.8. The number of hydrogen-bond acceptors (Lipinski definition) is 3. The molecule has 2 aliphatic heterocycles. The zero-order valence-electron chi connectivity index (χ0n) is 14.5. The fraction of sp³-hybridized carbons (Fsp3) is 0.474. The number of hydrogen-bond donors (Lipinski definition) is 2. The molecule has 1 aromatic carbocycles. The normalized spacial score (nSPS) is 23.5. The Balaban J connectivity index is 0.00000225. The van der Waals surface area contributed by atoms with Crippen molar-refractivity contribution in [3.05, 3.63) is 47.5 Å². The maximum Gasteiger partial charge on any atom is 0.225 e. The number of likely N-dealkylation sites (tertiary alicyclic amines) is 1. The molecule has 5 nitrogen and oxygen atoms in total. The van der Waals surface area contributed by atoms with Crippen molar-refractivity contribution >= 4 is 24.2 Å². The van der Waals surface area contributed by atoms with E-state index in [-0.39, 0.29) is 36.2 Å². The Kier molecular flexibility index (Phi) is 7.02. The first-order valence-corrected chi connectivity index (χ1v) is 8.64. The number of benzene rings is 1. The molecule has 136 valence electrons. The van der Waals surface area contributed by atoms with Crippen molar-refractivity contribution in [3.8, 4) is 0 Å². The minimum atomic E-state index is -0.197. The Morgan fingerprint density at radius 2 is 2.04 bits per heavy atom. The van der Waals surface area contributed by atoms with Crippen molar-refractivity contribution in [1.29, 1.82) is 0 Å². The first-order valence-electron chi connectivity index (χ1n) is 8.64. The smallest absolute Gasteiger partial charge is 0.225 e. The van der Waals surface area contributed by atoms with Crippen molar-refractivity contribution in [1.82, 2.24) is 15.5 Å². The second-order valence-electron chi connectivity index (χ2n) is 6.54. The summed E-state index contributed by atoms with van der Waals surface area (Å²) in [6, 6.07) is 9.67. The van der Waals surface area contributed by atoms with Crippen LogP contribution in [0.1, 0.15) is 30.9 Å². The molecule has 2 aliphatic rings. The van der Waals surface area contributed by atoms with E-state index in [2.05, 4.69) is 16.7 Å². The van der Waals surface area contributed by atoms with E-state index in [1.165, 1.54) is 5.57 Å². The molecule has 0 saturated carbocycles. The van der Waals surface area contributed by atoms with Crippen LogP contribution < -0.4 is 10.6 Å². The monoisotopic (exact) mass is 363 g/mol. The third-order valence-electron chi connectivity index (χ3n) is 4.99. The van der Waals surface area contributed by atoms with Gasteiger partial charge < -0.3 is 15.5 Å². The van der Waals surface area contributed by atoms with Gasteiger partial charge in [-0.3, -0.25) is 9.59 Å². The lowest BCUT2D eigenvalue weighted by Crippen LogP contribution is -2.46. The number of carbonyl (C=O) groups excluding carboxylic acids is 2. The highest BCUT2D eigenvalue weighted by atomic mass is 35.5. The summed E-state index contributed by atoms with van der Waals surface area (Å²) in [7, 11) is 1.80. The summed E-state index contributed by atoms with van der Waals surface area (Å²) in [6.45, 7) is 2.45. The number of carbonyl (C=O) groups is 2. The molecular formula is C19H26ClN3O2. The van der Waals surface area contributed by atoms with E-state index in [0.717, 1.165) is 25.1 Å². The summed E-state index contributed by atoms with van der Waals surface area (Å²) in [5, 5.41) is 6.36. The minimum Gasteiger partial charge on any atom is -0.352 e. The summed E-state index contributed by atoms with van der Waals surface area (Å²) in [5.41, 5.74) is 2.30. The van der Waals surface area contributed by atoms with Crippen molar-refractivity contribution in [2.75, 3.05) is 26.7 Å². The minimum absolute atomic E-state index is 0. The van der Waals surface area contributed by atoms with Crippen LogP contribution in [0.25, 0.3) is 0 Å². The molecule has 0 aromatic heterocycles. The molecular weight excluding hydrogens is 338 g/mol. The molecule has 2 amide bonds. The van der Waals surface area contributed by atoms with Crippen LogP contribution in [-0.2, 0) is 9.59 Å². The summed E-state index contributed by atoms with van der Waals surface area (Å²) < 4.78 is 0. The second-order valence-corrected chi connectivity index (χ2v) is 6.54. The van der Waals surface area contributed by atoms with Crippen LogP contribution in [0.4, 0.5) is 0 Å². The van der Waals surface area contributed by atoms with E-state index >= 15 is 0 Å². The van der Waals surface area contributed by atoms with Gasteiger partial charge >= 0.3 is 0 Å². The average molecular weight is 364 g/mol. The lowest BCUT2D eigenvalue weighted by molar-refractivity contribution is -0.141. The van der Waals surface area contributed by atoms with Gasteiger partial charge in [0.25, 0.3) is 0 Å². The van der Waals surface area contributed by atoms with Crippen molar-refractivity contribution in [3.63, 3.8) is 0 Å². The number of piperidine rings is 1. The number of rotatable bonds is 4. The van der Waals surface area contributed by atoms with E-state index in [1.807, 2.05) is 30.3 Å². The molecule has 1 saturated heterocycles. The quantitative estimate of drug-likeness (QED) is 0.805.